The summed E-state index contributed by atoms with van der Waals surface area (Å²) in [5.41, 5.74) is 0.530. The Bertz CT molecular complexity index is 1010. The number of nitrogens with zero attached hydrogens (tertiary/aromatic N) is 1. The van der Waals surface area contributed by atoms with Gasteiger partial charge in [-0.2, -0.15) is 0 Å². The molecule has 8 heteroatoms. The Morgan fingerprint density at radius 3 is 2.35 bits per heavy atom. The van der Waals surface area contributed by atoms with Crippen molar-refractivity contribution in [2.24, 2.45) is 0 Å². The fraction of sp³-hybridized carbons (Fsp3) is 0.304. The summed E-state index contributed by atoms with van der Waals surface area (Å²) < 4.78 is 0. The van der Waals surface area contributed by atoms with Gasteiger partial charge in [0.05, 0.1) is 17.3 Å². The number of carbonyl (C=O) groups is 4. The van der Waals surface area contributed by atoms with E-state index in [9.17, 15) is 19.2 Å². The summed E-state index contributed by atoms with van der Waals surface area (Å²) in [6.07, 6.45) is 0.415. The van der Waals surface area contributed by atoms with Crippen molar-refractivity contribution in [3.8, 4) is 0 Å². The summed E-state index contributed by atoms with van der Waals surface area (Å²) in [7, 11) is 0. The Hall–Kier alpha value is -3.68. The molecule has 0 bridgehead atoms. The third kappa shape index (κ3) is 4.74. The molecule has 0 aliphatic carbocycles. The molecule has 1 aliphatic heterocycles. The molecular weight excluding hydrogens is 396 g/mol. The molecule has 0 aromatic heterocycles. The minimum Gasteiger partial charge on any atom is -0.345 e. The Labute approximate surface area is 181 Å². The molecule has 31 heavy (non-hydrogen) atoms. The molecule has 0 radical (unpaired) electrons. The van der Waals surface area contributed by atoms with Crippen LogP contribution in [0.15, 0.2) is 54.6 Å². The number of imide groups is 1. The van der Waals surface area contributed by atoms with Crippen molar-refractivity contribution in [2.75, 3.05) is 11.9 Å². The molecule has 8 nitrogen and oxygen atoms in total. The van der Waals surface area contributed by atoms with Crippen molar-refractivity contribution >= 4 is 29.4 Å². The molecular formula is C23H26N4O4. The van der Waals surface area contributed by atoms with Gasteiger partial charge >= 0.3 is 6.03 Å². The van der Waals surface area contributed by atoms with Crippen molar-refractivity contribution in [1.82, 2.24) is 15.5 Å². The van der Waals surface area contributed by atoms with Crippen LogP contribution in [0.25, 0.3) is 0 Å². The summed E-state index contributed by atoms with van der Waals surface area (Å²) in [5, 5.41) is 8.17. The first-order valence-electron chi connectivity index (χ1n) is 10.1. The van der Waals surface area contributed by atoms with Crippen LogP contribution in [0.1, 0.15) is 49.2 Å². The van der Waals surface area contributed by atoms with Crippen LogP contribution in [-0.4, -0.2) is 40.7 Å². The molecule has 1 saturated heterocycles. The summed E-state index contributed by atoms with van der Waals surface area (Å²) in [4.78, 5) is 50.9. The highest BCUT2D eigenvalue weighted by Gasteiger charge is 2.47. The van der Waals surface area contributed by atoms with E-state index in [-0.39, 0.29) is 17.5 Å². The van der Waals surface area contributed by atoms with E-state index in [1.54, 1.807) is 38.1 Å². The molecule has 2 aromatic rings. The van der Waals surface area contributed by atoms with Crippen LogP contribution in [0.3, 0.4) is 0 Å². The first kappa shape index (κ1) is 22.0. The van der Waals surface area contributed by atoms with E-state index in [0.29, 0.717) is 12.1 Å². The predicted molar refractivity (Wildman–Crippen MR) is 116 cm³/mol. The lowest BCUT2D eigenvalue weighted by Crippen LogP contribution is -2.44. The Morgan fingerprint density at radius 2 is 1.71 bits per heavy atom. The van der Waals surface area contributed by atoms with Gasteiger partial charge in [-0.1, -0.05) is 49.4 Å². The van der Waals surface area contributed by atoms with Crippen molar-refractivity contribution in [3.05, 3.63) is 65.7 Å². The van der Waals surface area contributed by atoms with Gasteiger partial charge in [-0.15, -0.1) is 0 Å². The number of rotatable bonds is 7. The van der Waals surface area contributed by atoms with Gasteiger partial charge in [0.2, 0.25) is 5.91 Å². The van der Waals surface area contributed by atoms with E-state index < -0.39 is 29.9 Å². The maximum Gasteiger partial charge on any atom is 0.325 e. The minimum atomic E-state index is -1.01. The molecule has 5 amide bonds. The lowest BCUT2D eigenvalue weighted by molar-refractivity contribution is -0.133. The third-order valence-electron chi connectivity index (χ3n) is 5.45. The highest BCUT2D eigenvalue weighted by Crippen LogP contribution is 2.21. The van der Waals surface area contributed by atoms with E-state index in [0.717, 1.165) is 10.5 Å². The molecule has 1 aliphatic rings. The second-order valence-electron chi connectivity index (χ2n) is 7.71. The maximum atomic E-state index is 12.8. The van der Waals surface area contributed by atoms with Gasteiger partial charge in [0.25, 0.3) is 11.8 Å². The zero-order valence-electron chi connectivity index (χ0n) is 17.8. The Kier molecular flexibility index (Phi) is 6.39. The maximum absolute atomic E-state index is 12.8. The Morgan fingerprint density at radius 1 is 1.06 bits per heavy atom. The number of anilines is 1. The molecule has 0 saturated carbocycles. The molecule has 2 aromatic carbocycles. The number of nitrogens with one attached hydrogen (secondary N) is 3. The van der Waals surface area contributed by atoms with Gasteiger partial charge in [-0.25, -0.2) is 4.79 Å². The molecule has 3 rings (SSSR count). The summed E-state index contributed by atoms with van der Waals surface area (Å²) in [5.74, 6) is -1.36. The summed E-state index contributed by atoms with van der Waals surface area (Å²) >= 11 is 0. The number of urea groups is 1. The van der Waals surface area contributed by atoms with Crippen LogP contribution in [-0.2, 0) is 9.59 Å². The van der Waals surface area contributed by atoms with Crippen LogP contribution in [0.4, 0.5) is 10.5 Å². The number of hydrogen-bond donors (Lipinski definition) is 3. The minimum absolute atomic E-state index is 0.227. The fourth-order valence-electron chi connectivity index (χ4n) is 3.35. The zero-order valence-corrected chi connectivity index (χ0v) is 17.8. The van der Waals surface area contributed by atoms with E-state index in [1.165, 1.54) is 0 Å². The number of carbonyl (C=O) groups excluding carboxylic acids is 4. The zero-order chi connectivity index (χ0) is 22.6. The smallest absolute Gasteiger partial charge is 0.325 e. The van der Waals surface area contributed by atoms with Gasteiger partial charge in [0, 0.05) is 0 Å². The van der Waals surface area contributed by atoms with Gasteiger partial charge in [0.15, 0.2) is 0 Å². The molecule has 3 N–H and O–H groups in total. The van der Waals surface area contributed by atoms with Crippen LogP contribution in [0, 0.1) is 0 Å². The van der Waals surface area contributed by atoms with E-state index in [4.69, 9.17) is 0 Å². The fourth-order valence-corrected chi connectivity index (χ4v) is 3.35. The number of hydrogen-bond acceptors (Lipinski definition) is 4. The number of para-hydroxylation sites is 1. The van der Waals surface area contributed by atoms with Crippen molar-refractivity contribution in [2.45, 2.75) is 38.8 Å². The summed E-state index contributed by atoms with van der Waals surface area (Å²) in [6, 6.07) is 15.3. The quantitative estimate of drug-likeness (QED) is 0.596. The molecule has 1 heterocycles. The second-order valence-corrected chi connectivity index (χ2v) is 7.71. The van der Waals surface area contributed by atoms with E-state index >= 15 is 0 Å². The largest absolute Gasteiger partial charge is 0.345 e. The molecule has 0 spiro atoms. The monoisotopic (exact) mass is 422 g/mol. The predicted octanol–water partition coefficient (Wildman–Crippen LogP) is 2.84. The van der Waals surface area contributed by atoms with Gasteiger partial charge in [-0.3, -0.25) is 19.3 Å². The Balaban J connectivity index is 1.69. The molecule has 162 valence electrons. The van der Waals surface area contributed by atoms with Crippen LogP contribution >= 0.6 is 0 Å². The standard InChI is InChI=1S/C23H26N4O4/c1-4-23(3)21(30)27(22(31)26-23)14-19(28)25-18-13-9-8-12-17(18)20(29)24-15(2)16-10-6-5-7-11-16/h5-13,15H,4,14H2,1-3H3,(H,24,29)(H,25,28)(H,26,31)/t15-,23+/m0/s1. The average Bonchev–Trinajstić information content (AvgIpc) is 2.98. The number of benzene rings is 2. The summed E-state index contributed by atoms with van der Waals surface area (Å²) in [6.45, 7) is 4.85. The average molecular weight is 422 g/mol. The first-order valence-corrected chi connectivity index (χ1v) is 10.1. The third-order valence-corrected chi connectivity index (χ3v) is 5.45. The number of amides is 5. The van der Waals surface area contributed by atoms with Gasteiger partial charge in [-0.05, 0) is 38.0 Å². The van der Waals surface area contributed by atoms with Crippen molar-refractivity contribution in [3.63, 3.8) is 0 Å². The molecule has 2 atom stereocenters. The lowest BCUT2D eigenvalue weighted by atomic mass is 9.99. The molecule has 1 fully saturated rings. The van der Waals surface area contributed by atoms with Gasteiger partial charge in [0.1, 0.15) is 12.1 Å². The van der Waals surface area contributed by atoms with Crippen LogP contribution in [0.2, 0.25) is 0 Å². The van der Waals surface area contributed by atoms with E-state index in [1.807, 2.05) is 37.3 Å². The lowest BCUT2D eigenvalue weighted by Gasteiger charge is -2.19. The van der Waals surface area contributed by atoms with Crippen molar-refractivity contribution in [1.29, 1.82) is 0 Å². The topological polar surface area (TPSA) is 108 Å². The SMILES string of the molecule is CC[C@@]1(C)NC(=O)N(CC(=O)Nc2ccccc2C(=O)N[C@@H](C)c2ccccc2)C1=O. The first-order chi connectivity index (χ1) is 14.7. The molecule has 0 unspecified atom stereocenters. The van der Waals surface area contributed by atoms with Gasteiger partial charge < -0.3 is 16.0 Å². The highest BCUT2D eigenvalue weighted by atomic mass is 16.2. The second kappa shape index (κ2) is 8.99. The van der Waals surface area contributed by atoms with E-state index in [2.05, 4.69) is 16.0 Å². The van der Waals surface area contributed by atoms with Crippen molar-refractivity contribution < 1.29 is 19.2 Å². The normalized spacial score (nSPS) is 19.0. The highest BCUT2D eigenvalue weighted by molar-refractivity contribution is 6.10. The van der Waals surface area contributed by atoms with Crippen LogP contribution in [0.5, 0.6) is 0 Å². The van der Waals surface area contributed by atoms with Crippen LogP contribution < -0.4 is 16.0 Å².